The average molecular weight is 657 g/mol. The van der Waals surface area contributed by atoms with Gasteiger partial charge in [-0.1, -0.05) is 55.4 Å². The molecule has 2 aromatic rings. The Morgan fingerprint density at radius 1 is 0.766 bits per heavy atom. The Kier molecular flexibility index (Phi) is 15.7. The summed E-state index contributed by atoms with van der Waals surface area (Å²) in [5.41, 5.74) is 1.52. The van der Waals surface area contributed by atoms with Crippen molar-refractivity contribution >= 4 is 34.6 Å². The van der Waals surface area contributed by atoms with Crippen LogP contribution in [-0.4, -0.2) is 83.6 Å². The Morgan fingerprint density at radius 2 is 1.28 bits per heavy atom. The molecule has 0 fully saturated rings. The summed E-state index contributed by atoms with van der Waals surface area (Å²) in [5.74, 6) is -2.28. The fourth-order valence-electron chi connectivity index (χ4n) is 5.44. The van der Waals surface area contributed by atoms with Gasteiger partial charge in [0.1, 0.15) is 0 Å². The number of rotatable bonds is 19. The predicted octanol–water partition coefficient (Wildman–Crippen LogP) is 6.53. The summed E-state index contributed by atoms with van der Waals surface area (Å²) in [4.78, 5) is 55.7. The van der Waals surface area contributed by atoms with E-state index >= 15 is 0 Å². The summed E-state index contributed by atoms with van der Waals surface area (Å²) in [7, 11) is 0. The Balaban J connectivity index is 2.45. The van der Waals surface area contributed by atoms with E-state index in [9.17, 15) is 29.8 Å². The molecule has 0 aliphatic rings. The third kappa shape index (κ3) is 11.3. The van der Waals surface area contributed by atoms with E-state index in [0.717, 1.165) is 26.2 Å². The summed E-state index contributed by atoms with van der Waals surface area (Å²) < 4.78 is 5.76. The van der Waals surface area contributed by atoms with Gasteiger partial charge in [-0.2, -0.15) is 0 Å². The molecule has 2 rings (SSSR count). The maximum Gasteiger partial charge on any atom is 0.399 e. The first-order chi connectivity index (χ1) is 22.3. The first-order valence-corrected chi connectivity index (χ1v) is 16.6. The topological polar surface area (TPSA) is 151 Å². The number of nitrogens with zero attached hydrogens (tertiary/aromatic N) is 5. The number of hydrogen-bond donors (Lipinski definition) is 1. The van der Waals surface area contributed by atoms with Gasteiger partial charge in [0.2, 0.25) is 0 Å². The lowest BCUT2D eigenvalue weighted by molar-refractivity contribution is -0.385. The fraction of sp³-hybridized carbons (Fsp3) is 0.588. The Bertz CT molecular complexity index is 1360. The molecule has 0 aliphatic carbocycles. The zero-order valence-corrected chi connectivity index (χ0v) is 29.2. The molecule has 13 nitrogen and oxygen atoms in total. The number of amides is 1. The van der Waals surface area contributed by atoms with E-state index in [1.165, 1.54) is 17.0 Å². The lowest BCUT2D eigenvalue weighted by Gasteiger charge is -2.27. The van der Waals surface area contributed by atoms with Crippen LogP contribution in [0.4, 0.5) is 22.7 Å². The van der Waals surface area contributed by atoms with Crippen molar-refractivity contribution in [3.63, 3.8) is 0 Å². The van der Waals surface area contributed by atoms with E-state index in [4.69, 9.17) is 4.74 Å². The lowest BCUT2D eigenvalue weighted by atomic mass is 10.0. The van der Waals surface area contributed by atoms with E-state index in [-0.39, 0.29) is 35.4 Å². The van der Waals surface area contributed by atoms with Crippen molar-refractivity contribution in [1.82, 2.24) is 9.80 Å². The monoisotopic (exact) mass is 656 g/mol. The molecule has 47 heavy (non-hydrogen) atoms. The highest BCUT2D eigenvalue weighted by molar-refractivity contribution is 6.38. The van der Waals surface area contributed by atoms with Gasteiger partial charge in [0.05, 0.1) is 15.5 Å². The lowest BCUT2D eigenvalue weighted by Crippen LogP contribution is -2.42. The van der Waals surface area contributed by atoms with Crippen LogP contribution < -0.4 is 10.2 Å². The molecule has 1 atom stereocenters. The minimum absolute atomic E-state index is 0.0549. The first kappa shape index (κ1) is 39.1. The van der Waals surface area contributed by atoms with Crippen LogP contribution in [0.25, 0.3) is 0 Å². The van der Waals surface area contributed by atoms with Gasteiger partial charge >= 0.3 is 11.9 Å². The number of anilines is 2. The molecule has 0 aromatic heterocycles. The second-order valence-corrected chi connectivity index (χ2v) is 12.0. The van der Waals surface area contributed by atoms with E-state index in [0.29, 0.717) is 42.7 Å². The van der Waals surface area contributed by atoms with Crippen LogP contribution in [-0.2, 0) is 14.3 Å². The number of carbonyl (C=O) groups excluding carboxylic acids is 2. The zero-order valence-electron chi connectivity index (χ0n) is 29.2. The van der Waals surface area contributed by atoms with E-state index in [1.54, 1.807) is 24.3 Å². The normalized spacial score (nSPS) is 12.1. The van der Waals surface area contributed by atoms with Crippen LogP contribution >= 0.6 is 0 Å². The summed E-state index contributed by atoms with van der Waals surface area (Å²) in [6.45, 7) is 20.0. The first-order valence-electron chi connectivity index (χ1n) is 16.6. The van der Waals surface area contributed by atoms with Crippen molar-refractivity contribution in [2.24, 2.45) is 0 Å². The Morgan fingerprint density at radius 3 is 1.79 bits per heavy atom. The Labute approximate surface area is 278 Å². The molecular formula is C34H52N6O7. The second-order valence-electron chi connectivity index (χ2n) is 12.0. The van der Waals surface area contributed by atoms with E-state index < -0.39 is 28.0 Å². The van der Waals surface area contributed by atoms with Gasteiger partial charge in [-0.3, -0.25) is 25.0 Å². The molecule has 0 spiro atoms. The van der Waals surface area contributed by atoms with Crippen LogP contribution in [0.15, 0.2) is 36.4 Å². The standard InChI is InChI=1S/C34H52N6O7/c1-9-36(10-2)19-13-20-38(27-15-17-29(25(7)8)31(23-27)40(45)46)33(41)34(42)47-32(18-21-37(11-3)12-4)35-26-14-16-28(24(5)6)30(22-26)39(43)44/h14-17,22-25,32,35H,9-13,18-21H2,1-8H3. The van der Waals surface area contributed by atoms with Crippen molar-refractivity contribution < 1.29 is 24.2 Å². The molecule has 0 heterocycles. The molecule has 2 aromatic carbocycles. The molecule has 13 heteroatoms. The molecule has 0 saturated heterocycles. The van der Waals surface area contributed by atoms with Crippen molar-refractivity contribution in [3.8, 4) is 0 Å². The number of hydrogen-bond acceptors (Lipinski definition) is 10. The van der Waals surface area contributed by atoms with E-state index in [2.05, 4.69) is 15.1 Å². The maximum atomic E-state index is 13.8. The minimum atomic E-state index is -1.13. The average Bonchev–Trinajstić information content (AvgIpc) is 3.04. The maximum absolute atomic E-state index is 13.8. The molecule has 1 amide bonds. The molecule has 1 N–H and O–H groups in total. The van der Waals surface area contributed by atoms with Gasteiger partial charge in [0.15, 0.2) is 6.23 Å². The number of carbonyl (C=O) groups is 2. The van der Waals surface area contributed by atoms with Gasteiger partial charge in [-0.15, -0.1) is 0 Å². The number of ether oxygens (including phenoxy) is 1. The van der Waals surface area contributed by atoms with Gasteiger partial charge in [0, 0.05) is 48.5 Å². The van der Waals surface area contributed by atoms with Crippen LogP contribution in [0.3, 0.4) is 0 Å². The minimum Gasteiger partial charge on any atom is -0.435 e. The molecule has 1 unspecified atom stereocenters. The SMILES string of the molecule is CCN(CC)CCCN(C(=O)C(=O)OC(CCN(CC)CC)Nc1ccc(C(C)C)c([N+](=O)[O-])c1)c1ccc(C(C)C)c([N+](=O)[O-])c1. The van der Waals surface area contributed by atoms with Gasteiger partial charge in [-0.25, -0.2) is 4.79 Å². The summed E-state index contributed by atoms with van der Waals surface area (Å²) in [5, 5.41) is 26.9. The fourth-order valence-corrected chi connectivity index (χ4v) is 5.44. The highest BCUT2D eigenvalue weighted by Crippen LogP contribution is 2.32. The number of nitro benzene ring substituents is 2. The van der Waals surface area contributed by atoms with Crippen molar-refractivity contribution in [3.05, 3.63) is 67.8 Å². The van der Waals surface area contributed by atoms with Gasteiger partial charge in [0.25, 0.3) is 11.4 Å². The summed E-state index contributed by atoms with van der Waals surface area (Å²) in [6, 6.07) is 9.35. The molecule has 0 radical (unpaired) electrons. The van der Waals surface area contributed by atoms with Crippen molar-refractivity contribution in [2.45, 2.75) is 86.3 Å². The predicted molar refractivity (Wildman–Crippen MR) is 185 cm³/mol. The summed E-state index contributed by atoms with van der Waals surface area (Å²) in [6.07, 6.45) is -0.154. The molecule has 260 valence electrons. The Hall–Kier alpha value is -4.10. The molecule has 0 aliphatic heterocycles. The molecule has 0 bridgehead atoms. The molecular weight excluding hydrogens is 604 g/mol. The van der Waals surface area contributed by atoms with Crippen LogP contribution in [0.2, 0.25) is 0 Å². The van der Waals surface area contributed by atoms with Crippen LogP contribution in [0, 0.1) is 20.2 Å². The zero-order chi connectivity index (χ0) is 35.3. The van der Waals surface area contributed by atoms with Crippen molar-refractivity contribution in [2.75, 3.05) is 56.0 Å². The smallest absolute Gasteiger partial charge is 0.399 e. The molecule has 0 saturated carbocycles. The van der Waals surface area contributed by atoms with Crippen LogP contribution in [0.5, 0.6) is 0 Å². The summed E-state index contributed by atoms with van der Waals surface area (Å²) >= 11 is 0. The van der Waals surface area contributed by atoms with Gasteiger partial charge in [-0.05, 0) is 75.2 Å². The van der Waals surface area contributed by atoms with E-state index in [1.807, 2.05) is 55.4 Å². The third-order valence-electron chi connectivity index (χ3n) is 8.34. The highest BCUT2D eigenvalue weighted by Gasteiger charge is 2.30. The number of benzene rings is 2. The van der Waals surface area contributed by atoms with Gasteiger partial charge < -0.3 is 24.8 Å². The highest BCUT2D eigenvalue weighted by atomic mass is 16.6. The number of nitrogens with one attached hydrogen (secondary N) is 1. The number of esters is 1. The largest absolute Gasteiger partial charge is 0.435 e. The third-order valence-corrected chi connectivity index (χ3v) is 8.34. The quantitative estimate of drug-likeness (QED) is 0.0581. The second kappa shape index (κ2) is 18.9. The van der Waals surface area contributed by atoms with Crippen molar-refractivity contribution in [1.29, 1.82) is 0 Å². The van der Waals surface area contributed by atoms with Crippen LogP contribution in [0.1, 0.15) is 91.2 Å². The number of nitro groups is 2.